The van der Waals surface area contributed by atoms with Gasteiger partial charge in [0.15, 0.2) is 0 Å². The first kappa shape index (κ1) is 26.7. The van der Waals surface area contributed by atoms with Crippen LogP contribution in [-0.2, 0) is 9.59 Å². The molecule has 2 N–H and O–H groups in total. The number of nitro groups is 1. The quantitative estimate of drug-likeness (QED) is 0.199. The molecule has 0 saturated carbocycles. The minimum Gasteiger partial charge on any atom is -0.478 e. The van der Waals surface area contributed by atoms with Gasteiger partial charge in [-0.25, -0.2) is 4.79 Å². The molecule has 0 aromatic heterocycles. The summed E-state index contributed by atoms with van der Waals surface area (Å²) >= 11 is 0. The number of para-hydroxylation sites is 1. The molecule has 0 saturated heterocycles. The molecule has 8 heteroatoms. The molecule has 1 aliphatic rings. The number of hydrogen-bond donors (Lipinski definition) is 2. The summed E-state index contributed by atoms with van der Waals surface area (Å²) in [6.45, 7) is 6.12. The summed E-state index contributed by atoms with van der Waals surface area (Å²) in [4.78, 5) is 38.7. The third kappa shape index (κ3) is 6.04. The van der Waals surface area contributed by atoms with Gasteiger partial charge in [-0.1, -0.05) is 63.1 Å². The van der Waals surface area contributed by atoms with Crippen molar-refractivity contribution in [3.63, 3.8) is 0 Å². The number of nitro benzene ring substituents is 1. The Bertz CT molecular complexity index is 1040. The van der Waals surface area contributed by atoms with E-state index in [0.717, 1.165) is 32.1 Å². The van der Waals surface area contributed by atoms with Crippen molar-refractivity contribution in [3.8, 4) is 12.3 Å². The maximum absolute atomic E-state index is 13.2. The highest BCUT2D eigenvalue weighted by molar-refractivity contribution is 6.02. The first-order valence-electron chi connectivity index (χ1n) is 11.6. The summed E-state index contributed by atoms with van der Waals surface area (Å²) in [7, 11) is 0. The standard InChI is InChI=1S/C26H33N3O5/c1-5-7-8-9-10-13-17-28-18(3)22(25(30)27-16-6-2)24(23(19(28)4)26(31)32)20-14-11-12-15-21(20)29(33)34/h2,11-12,14-15,24H,5,7-10,13,16-17H2,1,3-4H3,(H,27,30)(H,31,32). The number of allylic oxidation sites excluding steroid dienone is 2. The van der Waals surface area contributed by atoms with Crippen LogP contribution < -0.4 is 5.32 Å². The van der Waals surface area contributed by atoms with E-state index in [-0.39, 0.29) is 28.9 Å². The van der Waals surface area contributed by atoms with Crippen molar-refractivity contribution in [3.05, 3.63) is 62.5 Å². The van der Waals surface area contributed by atoms with Gasteiger partial charge in [0.1, 0.15) is 0 Å². The minimum absolute atomic E-state index is 0.0399. The van der Waals surface area contributed by atoms with Crippen LogP contribution >= 0.6 is 0 Å². The number of benzene rings is 1. The lowest BCUT2D eigenvalue weighted by molar-refractivity contribution is -0.385. The van der Waals surface area contributed by atoms with Crippen molar-refractivity contribution in [1.82, 2.24) is 10.2 Å². The monoisotopic (exact) mass is 467 g/mol. The number of amides is 1. The van der Waals surface area contributed by atoms with Gasteiger partial charge < -0.3 is 15.3 Å². The van der Waals surface area contributed by atoms with Gasteiger partial charge in [-0.15, -0.1) is 6.42 Å². The van der Waals surface area contributed by atoms with Gasteiger partial charge >= 0.3 is 5.97 Å². The average Bonchev–Trinajstić information content (AvgIpc) is 2.80. The van der Waals surface area contributed by atoms with Crippen LogP contribution in [-0.4, -0.2) is 39.9 Å². The Morgan fingerprint density at radius 2 is 1.74 bits per heavy atom. The number of carboxylic acid groups (broad SMARTS) is 1. The van der Waals surface area contributed by atoms with E-state index in [0.29, 0.717) is 17.9 Å². The van der Waals surface area contributed by atoms with Crippen LogP contribution in [0.2, 0.25) is 0 Å². The molecule has 1 atom stereocenters. The second-order valence-corrected chi connectivity index (χ2v) is 8.36. The van der Waals surface area contributed by atoms with E-state index < -0.39 is 22.7 Å². The van der Waals surface area contributed by atoms with Crippen LogP contribution in [0.4, 0.5) is 5.69 Å². The summed E-state index contributed by atoms with van der Waals surface area (Å²) in [5, 5.41) is 24.6. The number of carbonyl (C=O) groups excluding carboxylic acids is 1. The van der Waals surface area contributed by atoms with Crippen molar-refractivity contribution >= 4 is 17.6 Å². The van der Waals surface area contributed by atoms with Gasteiger partial charge in [0.2, 0.25) is 0 Å². The Morgan fingerprint density at radius 1 is 1.12 bits per heavy atom. The Balaban J connectivity index is 2.58. The summed E-state index contributed by atoms with van der Waals surface area (Å²) in [6, 6.07) is 5.94. The number of hydrogen-bond acceptors (Lipinski definition) is 5. The largest absolute Gasteiger partial charge is 0.478 e. The lowest BCUT2D eigenvalue weighted by Crippen LogP contribution is -2.38. The van der Waals surface area contributed by atoms with Gasteiger partial charge in [0.05, 0.1) is 23.0 Å². The Labute approximate surface area is 200 Å². The first-order valence-corrected chi connectivity index (χ1v) is 11.6. The maximum atomic E-state index is 13.2. The summed E-state index contributed by atoms with van der Waals surface area (Å²) in [5.74, 6) is -0.504. The molecule has 0 fully saturated rings. The predicted molar refractivity (Wildman–Crippen MR) is 131 cm³/mol. The maximum Gasteiger partial charge on any atom is 0.334 e. The average molecular weight is 468 g/mol. The third-order valence-corrected chi connectivity index (χ3v) is 6.17. The molecule has 1 unspecified atom stereocenters. The van der Waals surface area contributed by atoms with Crippen LogP contribution in [0, 0.1) is 22.5 Å². The zero-order valence-electron chi connectivity index (χ0n) is 20.1. The molecular formula is C26H33N3O5. The predicted octanol–water partition coefficient (Wildman–Crippen LogP) is 4.74. The number of terminal acetylenes is 1. The topological polar surface area (TPSA) is 113 Å². The molecule has 1 aromatic rings. The van der Waals surface area contributed by atoms with Gasteiger partial charge in [-0.3, -0.25) is 14.9 Å². The fraction of sp³-hybridized carbons (Fsp3) is 0.462. The molecule has 182 valence electrons. The second-order valence-electron chi connectivity index (χ2n) is 8.36. The fourth-order valence-corrected chi connectivity index (χ4v) is 4.50. The van der Waals surface area contributed by atoms with E-state index in [9.17, 15) is 24.8 Å². The normalized spacial score (nSPS) is 15.8. The van der Waals surface area contributed by atoms with Crippen LogP contribution in [0.1, 0.15) is 70.8 Å². The lowest BCUT2D eigenvalue weighted by Gasteiger charge is -2.37. The summed E-state index contributed by atoms with van der Waals surface area (Å²) in [5.41, 5.74) is 1.10. The van der Waals surface area contributed by atoms with E-state index in [1.165, 1.54) is 24.6 Å². The van der Waals surface area contributed by atoms with Crippen molar-refractivity contribution in [1.29, 1.82) is 0 Å². The van der Waals surface area contributed by atoms with Gasteiger partial charge in [-0.2, -0.15) is 0 Å². The number of nitrogens with zero attached hydrogens (tertiary/aromatic N) is 2. The molecule has 1 aliphatic heterocycles. The van der Waals surface area contributed by atoms with Crippen LogP contribution in [0.25, 0.3) is 0 Å². The Kier molecular flexibility index (Phi) is 9.87. The molecule has 0 aliphatic carbocycles. The molecule has 0 bridgehead atoms. The Hall–Kier alpha value is -3.60. The fourth-order valence-electron chi connectivity index (χ4n) is 4.50. The molecule has 2 rings (SSSR count). The highest BCUT2D eigenvalue weighted by atomic mass is 16.6. The van der Waals surface area contributed by atoms with Crippen LogP contribution in [0.15, 0.2) is 46.8 Å². The van der Waals surface area contributed by atoms with E-state index in [1.54, 1.807) is 19.9 Å². The van der Waals surface area contributed by atoms with E-state index >= 15 is 0 Å². The number of unbranched alkanes of at least 4 members (excludes halogenated alkanes) is 5. The first-order chi connectivity index (χ1) is 16.3. The zero-order valence-corrected chi connectivity index (χ0v) is 20.1. The van der Waals surface area contributed by atoms with E-state index in [2.05, 4.69) is 18.2 Å². The molecule has 0 spiro atoms. The smallest absolute Gasteiger partial charge is 0.334 e. The molecule has 8 nitrogen and oxygen atoms in total. The van der Waals surface area contributed by atoms with Gasteiger partial charge in [-0.05, 0) is 20.3 Å². The molecular weight excluding hydrogens is 434 g/mol. The number of nitrogens with one attached hydrogen (secondary N) is 1. The summed E-state index contributed by atoms with van der Waals surface area (Å²) < 4.78 is 0. The SMILES string of the molecule is C#CCNC(=O)C1=C(C)N(CCCCCCCC)C(C)=C(C(=O)O)C1c1ccccc1[N+](=O)[O-]. The number of aliphatic carboxylic acids is 1. The number of carboxylic acids is 1. The van der Waals surface area contributed by atoms with E-state index in [4.69, 9.17) is 6.42 Å². The minimum atomic E-state index is -1.22. The highest BCUT2D eigenvalue weighted by Crippen LogP contribution is 2.44. The van der Waals surface area contributed by atoms with Gasteiger partial charge in [0, 0.05) is 35.1 Å². The number of rotatable bonds is 12. The lowest BCUT2D eigenvalue weighted by atomic mass is 9.78. The Morgan fingerprint density at radius 3 is 2.35 bits per heavy atom. The highest BCUT2D eigenvalue weighted by Gasteiger charge is 2.41. The van der Waals surface area contributed by atoms with Crippen LogP contribution in [0.5, 0.6) is 0 Å². The van der Waals surface area contributed by atoms with Crippen molar-refractivity contribution in [2.45, 2.75) is 65.2 Å². The van der Waals surface area contributed by atoms with Gasteiger partial charge in [0.25, 0.3) is 11.6 Å². The van der Waals surface area contributed by atoms with Crippen molar-refractivity contribution in [2.24, 2.45) is 0 Å². The van der Waals surface area contributed by atoms with Crippen molar-refractivity contribution in [2.75, 3.05) is 13.1 Å². The molecule has 1 aromatic carbocycles. The molecule has 1 amide bonds. The molecule has 0 radical (unpaired) electrons. The third-order valence-electron chi connectivity index (χ3n) is 6.17. The zero-order chi connectivity index (χ0) is 25.3. The van der Waals surface area contributed by atoms with E-state index in [1.807, 2.05) is 4.90 Å². The van der Waals surface area contributed by atoms with Crippen molar-refractivity contribution < 1.29 is 19.6 Å². The number of carbonyl (C=O) groups is 2. The summed E-state index contributed by atoms with van der Waals surface area (Å²) in [6.07, 6.45) is 11.7. The molecule has 34 heavy (non-hydrogen) atoms. The molecule has 1 heterocycles. The van der Waals surface area contributed by atoms with Crippen LogP contribution in [0.3, 0.4) is 0 Å². The second kappa shape index (κ2) is 12.6.